The highest BCUT2D eigenvalue weighted by Crippen LogP contribution is 2.26. The Bertz CT molecular complexity index is 958. The van der Waals surface area contributed by atoms with Gasteiger partial charge in [-0.2, -0.15) is 0 Å². The van der Waals surface area contributed by atoms with E-state index < -0.39 is 6.10 Å². The highest BCUT2D eigenvalue weighted by molar-refractivity contribution is 5.94. The number of Topliss-reactive ketones (excluding diaryl/α,β-unsaturated/α-hetero) is 1. The molecule has 0 bridgehead atoms. The molecule has 0 aromatic heterocycles. The van der Waals surface area contributed by atoms with Crippen LogP contribution in [-0.2, 0) is 4.79 Å². The van der Waals surface area contributed by atoms with E-state index in [1.807, 2.05) is 17.9 Å². The summed E-state index contributed by atoms with van der Waals surface area (Å²) in [7, 11) is 0. The smallest absolute Gasteiger partial charge is 0.246 e. The van der Waals surface area contributed by atoms with E-state index in [1.54, 1.807) is 37.3 Å². The molecular weight excluding hydrogens is 395 g/mol. The van der Waals surface area contributed by atoms with Crippen LogP contribution in [0.2, 0.25) is 0 Å². The molecule has 0 saturated carbocycles. The van der Waals surface area contributed by atoms with Crippen LogP contribution in [0.1, 0.15) is 41.4 Å². The van der Waals surface area contributed by atoms with Crippen molar-refractivity contribution in [1.82, 2.24) is 9.80 Å². The van der Waals surface area contributed by atoms with Crippen molar-refractivity contribution in [3.8, 4) is 5.75 Å². The van der Waals surface area contributed by atoms with Crippen LogP contribution in [0.5, 0.6) is 5.75 Å². The summed E-state index contributed by atoms with van der Waals surface area (Å²) >= 11 is 0. The van der Waals surface area contributed by atoms with Crippen molar-refractivity contribution in [3.05, 3.63) is 77.6 Å². The average molecular weight is 425 g/mol. The molecule has 2 aromatic rings. The number of nitrogens with zero attached hydrogens (tertiary/aromatic N) is 2. The number of amides is 1. The highest BCUT2D eigenvalue weighted by Gasteiger charge is 2.28. The van der Waals surface area contributed by atoms with Gasteiger partial charge in [-0.3, -0.25) is 14.5 Å². The maximum absolute atomic E-state index is 14.3. The first-order valence-electron chi connectivity index (χ1n) is 10.5. The molecule has 3 rings (SSSR count). The Kier molecular flexibility index (Phi) is 7.23. The highest BCUT2D eigenvalue weighted by atomic mass is 19.1. The Morgan fingerprint density at radius 3 is 2.52 bits per heavy atom. The van der Waals surface area contributed by atoms with Crippen LogP contribution in [0.3, 0.4) is 0 Å². The zero-order valence-corrected chi connectivity index (χ0v) is 18.3. The Morgan fingerprint density at radius 2 is 1.94 bits per heavy atom. The molecule has 5 nitrogen and oxygen atoms in total. The fourth-order valence-electron chi connectivity index (χ4n) is 3.83. The van der Waals surface area contributed by atoms with Gasteiger partial charge in [-0.15, -0.1) is 0 Å². The van der Waals surface area contributed by atoms with E-state index in [1.165, 1.54) is 19.1 Å². The van der Waals surface area contributed by atoms with Gasteiger partial charge in [0.05, 0.1) is 0 Å². The second-order valence-corrected chi connectivity index (χ2v) is 8.04. The van der Waals surface area contributed by atoms with Crippen LogP contribution >= 0.6 is 0 Å². The van der Waals surface area contributed by atoms with Gasteiger partial charge in [0.15, 0.2) is 5.78 Å². The molecule has 0 unspecified atom stereocenters. The van der Waals surface area contributed by atoms with E-state index in [0.717, 1.165) is 5.56 Å². The second-order valence-electron chi connectivity index (χ2n) is 8.04. The van der Waals surface area contributed by atoms with E-state index >= 15 is 0 Å². The minimum absolute atomic E-state index is 0.00960. The van der Waals surface area contributed by atoms with Crippen LogP contribution < -0.4 is 4.74 Å². The van der Waals surface area contributed by atoms with E-state index in [4.69, 9.17) is 4.74 Å². The first-order valence-corrected chi connectivity index (χ1v) is 10.5. The number of piperazine rings is 1. The van der Waals surface area contributed by atoms with Crippen LogP contribution in [-0.4, -0.2) is 53.7 Å². The summed E-state index contributed by atoms with van der Waals surface area (Å²) in [6.07, 6.45) is 0.949. The molecule has 31 heavy (non-hydrogen) atoms. The van der Waals surface area contributed by atoms with E-state index in [0.29, 0.717) is 43.1 Å². The number of carbonyl (C=O) groups excluding carboxylic acids is 2. The van der Waals surface area contributed by atoms with E-state index in [9.17, 15) is 14.0 Å². The summed E-state index contributed by atoms with van der Waals surface area (Å²) in [4.78, 5) is 27.6. The van der Waals surface area contributed by atoms with Crippen LogP contribution in [0.4, 0.5) is 4.39 Å². The quantitative estimate of drug-likeness (QED) is 0.494. The molecular formula is C25H29FN2O3. The third-order valence-corrected chi connectivity index (χ3v) is 5.70. The lowest BCUT2D eigenvalue weighted by atomic mass is 10.0. The number of carbonyl (C=O) groups is 2. The molecule has 1 saturated heterocycles. The molecule has 1 aliphatic rings. The Balaban J connectivity index is 1.79. The minimum Gasteiger partial charge on any atom is -0.484 e. The largest absolute Gasteiger partial charge is 0.484 e. The predicted molar refractivity (Wildman–Crippen MR) is 119 cm³/mol. The number of ether oxygens (including phenoxy) is 1. The predicted octanol–water partition coefficient (Wildman–Crippen LogP) is 4.18. The molecule has 1 heterocycles. The number of hydrogen-bond acceptors (Lipinski definition) is 4. The molecule has 1 amide bonds. The van der Waals surface area contributed by atoms with E-state index in [2.05, 4.69) is 11.5 Å². The third-order valence-electron chi connectivity index (χ3n) is 5.70. The van der Waals surface area contributed by atoms with Crippen molar-refractivity contribution in [2.45, 2.75) is 32.9 Å². The molecule has 2 aromatic carbocycles. The normalized spacial score (nSPS) is 17.8. The topological polar surface area (TPSA) is 49.9 Å². The van der Waals surface area contributed by atoms with Crippen molar-refractivity contribution in [1.29, 1.82) is 0 Å². The molecule has 164 valence electrons. The zero-order chi connectivity index (χ0) is 22.5. The summed E-state index contributed by atoms with van der Waals surface area (Å²) in [6.45, 7) is 11.4. The van der Waals surface area contributed by atoms with Crippen molar-refractivity contribution >= 4 is 11.7 Å². The lowest BCUT2D eigenvalue weighted by molar-refractivity contribution is -0.130. The first kappa shape index (κ1) is 22.7. The summed E-state index contributed by atoms with van der Waals surface area (Å²) in [6, 6.07) is 12.2. The molecule has 1 fully saturated rings. The maximum atomic E-state index is 14.3. The number of ketones is 1. The SMILES string of the molecule is C=CC(=O)N1CCN(C[C@H](Oc2ccc(C(C)=O)cc2)c2ccc(C)c(F)c2)C[C@H]1C. The minimum atomic E-state index is -0.396. The van der Waals surface area contributed by atoms with Gasteiger partial charge in [0, 0.05) is 37.8 Å². The van der Waals surface area contributed by atoms with Crippen LogP contribution in [0.15, 0.2) is 55.1 Å². The molecule has 2 atom stereocenters. The number of halogens is 1. The molecule has 0 spiro atoms. The van der Waals surface area contributed by atoms with Gasteiger partial charge >= 0.3 is 0 Å². The average Bonchev–Trinajstić information content (AvgIpc) is 2.75. The van der Waals surface area contributed by atoms with Gasteiger partial charge in [-0.1, -0.05) is 18.7 Å². The van der Waals surface area contributed by atoms with Crippen LogP contribution in [0.25, 0.3) is 0 Å². The monoisotopic (exact) mass is 424 g/mol. The van der Waals surface area contributed by atoms with Gasteiger partial charge in [-0.05, 0) is 68.3 Å². The molecule has 0 radical (unpaired) electrons. The lowest BCUT2D eigenvalue weighted by Crippen LogP contribution is -2.54. The van der Waals surface area contributed by atoms with Gasteiger partial charge in [-0.25, -0.2) is 4.39 Å². The lowest BCUT2D eigenvalue weighted by Gasteiger charge is -2.40. The van der Waals surface area contributed by atoms with Gasteiger partial charge in [0.2, 0.25) is 5.91 Å². The summed E-state index contributed by atoms with van der Waals surface area (Å²) in [5, 5.41) is 0. The van der Waals surface area contributed by atoms with Crippen LogP contribution in [0, 0.1) is 12.7 Å². The van der Waals surface area contributed by atoms with Crippen molar-refractivity contribution in [2.24, 2.45) is 0 Å². The Morgan fingerprint density at radius 1 is 1.23 bits per heavy atom. The Hall–Kier alpha value is -2.99. The van der Waals surface area contributed by atoms with E-state index in [-0.39, 0.29) is 23.5 Å². The second kappa shape index (κ2) is 9.88. The molecule has 1 aliphatic heterocycles. The molecule has 6 heteroatoms. The van der Waals surface area contributed by atoms with Gasteiger partial charge in [0.25, 0.3) is 0 Å². The summed E-state index contributed by atoms with van der Waals surface area (Å²) < 4.78 is 20.5. The van der Waals surface area contributed by atoms with Crippen molar-refractivity contribution < 1.29 is 18.7 Å². The number of rotatable bonds is 7. The molecule has 0 aliphatic carbocycles. The summed E-state index contributed by atoms with van der Waals surface area (Å²) in [5.41, 5.74) is 1.94. The standard InChI is InChI=1S/C25H29FN2O3/c1-5-25(30)28-13-12-27(15-18(28)3)16-24(21-7-6-17(2)23(26)14-21)31-22-10-8-20(9-11-22)19(4)29/h5-11,14,18,24H,1,12-13,15-16H2,2-4H3/t18-,24+/m1/s1. The fourth-order valence-corrected chi connectivity index (χ4v) is 3.83. The first-order chi connectivity index (χ1) is 14.8. The molecule has 0 N–H and O–H groups in total. The van der Waals surface area contributed by atoms with Crippen molar-refractivity contribution in [2.75, 3.05) is 26.2 Å². The number of aryl methyl sites for hydroxylation is 1. The zero-order valence-electron chi connectivity index (χ0n) is 18.3. The number of hydrogen-bond donors (Lipinski definition) is 0. The fraction of sp³-hybridized carbons (Fsp3) is 0.360. The summed E-state index contributed by atoms with van der Waals surface area (Å²) in [5.74, 6) is 0.271. The number of benzene rings is 2. The van der Waals surface area contributed by atoms with Crippen molar-refractivity contribution in [3.63, 3.8) is 0 Å². The Labute approximate surface area is 183 Å². The van der Waals surface area contributed by atoms with Gasteiger partial charge < -0.3 is 9.64 Å². The van der Waals surface area contributed by atoms with Gasteiger partial charge in [0.1, 0.15) is 17.7 Å². The maximum Gasteiger partial charge on any atom is 0.246 e. The third kappa shape index (κ3) is 5.58.